The highest BCUT2D eigenvalue weighted by Crippen LogP contribution is 2.29. The predicted octanol–water partition coefficient (Wildman–Crippen LogP) is -1.59. The number of carboxylic acid groups (broad SMARTS) is 1. The Balaban J connectivity index is 2.20. The number of β-amino-alcohol motifs (C(OH)–C–C–N with tert-alkyl or cyclic N) is 1. The second-order valence-corrected chi connectivity index (χ2v) is 9.68. The second kappa shape index (κ2) is 5.24. The first kappa shape index (κ1) is 15.7. The van der Waals surface area contributed by atoms with E-state index in [4.69, 9.17) is 5.11 Å². The van der Waals surface area contributed by atoms with Gasteiger partial charge in [-0.1, -0.05) is 0 Å². The van der Waals surface area contributed by atoms with Gasteiger partial charge in [0.25, 0.3) is 0 Å². The Morgan fingerprint density at radius 3 is 2.25 bits per heavy atom. The summed E-state index contributed by atoms with van der Waals surface area (Å²) < 4.78 is 48.3. The summed E-state index contributed by atoms with van der Waals surface area (Å²) >= 11 is 0. The molecule has 0 aromatic heterocycles. The monoisotopic (exact) mass is 327 g/mol. The molecule has 0 aromatic rings. The van der Waals surface area contributed by atoms with Crippen molar-refractivity contribution in [3.05, 3.63) is 0 Å². The molecule has 2 aliphatic heterocycles. The van der Waals surface area contributed by atoms with Crippen LogP contribution in [0.2, 0.25) is 0 Å². The van der Waals surface area contributed by atoms with Gasteiger partial charge in [0, 0.05) is 13.0 Å². The van der Waals surface area contributed by atoms with Gasteiger partial charge >= 0.3 is 5.97 Å². The number of aliphatic hydroxyl groups is 1. The zero-order chi connectivity index (χ0) is 15.1. The molecule has 8 nitrogen and oxygen atoms in total. The highest BCUT2D eigenvalue weighted by Gasteiger charge is 2.46. The van der Waals surface area contributed by atoms with Gasteiger partial charge in [0.2, 0.25) is 10.0 Å². The number of aliphatic hydroxyl groups excluding tert-OH is 1. The molecule has 0 aromatic carbocycles. The second-order valence-electron chi connectivity index (χ2n) is 5.21. The zero-order valence-electron chi connectivity index (χ0n) is 10.7. The third kappa shape index (κ3) is 2.97. The highest BCUT2D eigenvalue weighted by molar-refractivity contribution is 7.92. The molecule has 0 spiro atoms. The Hall–Kier alpha value is -0.710. The van der Waals surface area contributed by atoms with E-state index in [0.29, 0.717) is 0 Å². The van der Waals surface area contributed by atoms with E-state index >= 15 is 0 Å². The average molecular weight is 327 g/mol. The van der Waals surface area contributed by atoms with Crippen LogP contribution in [-0.4, -0.2) is 72.8 Å². The Morgan fingerprint density at radius 2 is 1.75 bits per heavy atom. The summed E-state index contributed by atoms with van der Waals surface area (Å²) in [6, 6.07) is -1.27. The summed E-state index contributed by atoms with van der Waals surface area (Å²) in [4.78, 5) is 11.1. The lowest BCUT2D eigenvalue weighted by molar-refractivity contribution is -0.140. The number of carboxylic acids is 1. The maximum Gasteiger partial charge on any atom is 0.322 e. The van der Waals surface area contributed by atoms with Crippen molar-refractivity contribution in [2.45, 2.75) is 36.7 Å². The number of sulfonamides is 1. The van der Waals surface area contributed by atoms with Crippen LogP contribution in [0.25, 0.3) is 0 Å². The number of hydrogen-bond donors (Lipinski definition) is 2. The van der Waals surface area contributed by atoms with Crippen molar-refractivity contribution in [1.29, 1.82) is 0 Å². The van der Waals surface area contributed by atoms with Crippen LogP contribution < -0.4 is 0 Å². The summed E-state index contributed by atoms with van der Waals surface area (Å²) in [6.07, 6.45) is -1.19. The fourth-order valence-corrected chi connectivity index (χ4v) is 6.56. The first-order valence-electron chi connectivity index (χ1n) is 6.25. The summed E-state index contributed by atoms with van der Waals surface area (Å²) in [5, 5.41) is 17.6. The molecule has 2 heterocycles. The third-order valence-electron chi connectivity index (χ3n) is 3.77. The number of aliphatic carboxylic acids is 1. The first-order chi connectivity index (χ1) is 9.13. The van der Waals surface area contributed by atoms with Crippen molar-refractivity contribution in [3.63, 3.8) is 0 Å². The van der Waals surface area contributed by atoms with Crippen LogP contribution in [0, 0.1) is 0 Å². The van der Waals surface area contributed by atoms with E-state index in [0.717, 1.165) is 4.31 Å². The molecule has 0 saturated carbocycles. The van der Waals surface area contributed by atoms with Crippen molar-refractivity contribution in [2.75, 3.05) is 18.1 Å². The maximum absolute atomic E-state index is 12.4. The molecule has 0 bridgehead atoms. The number of sulfone groups is 1. The number of carbonyl (C=O) groups is 1. The summed E-state index contributed by atoms with van der Waals surface area (Å²) in [5.41, 5.74) is 0. The molecule has 0 radical (unpaired) electrons. The van der Waals surface area contributed by atoms with E-state index < -0.39 is 43.2 Å². The fraction of sp³-hybridized carbons (Fsp3) is 0.900. The van der Waals surface area contributed by atoms with Gasteiger partial charge in [-0.3, -0.25) is 4.79 Å². The van der Waals surface area contributed by atoms with Gasteiger partial charge in [0.1, 0.15) is 15.9 Å². The van der Waals surface area contributed by atoms with Crippen LogP contribution in [0.15, 0.2) is 0 Å². The molecule has 2 rings (SSSR count). The number of nitrogens with zero attached hydrogens (tertiary/aromatic N) is 1. The minimum atomic E-state index is -3.91. The van der Waals surface area contributed by atoms with Crippen LogP contribution in [0.3, 0.4) is 0 Å². The van der Waals surface area contributed by atoms with Gasteiger partial charge in [0.15, 0.2) is 0 Å². The van der Waals surface area contributed by atoms with Gasteiger partial charge in [-0.2, -0.15) is 4.31 Å². The van der Waals surface area contributed by atoms with E-state index in [1.165, 1.54) is 0 Å². The zero-order valence-corrected chi connectivity index (χ0v) is 12.3. The molecular weight excluding hydrogens is 310 g/mol. The Morgan fingerprint density at radius 1 is 1.20 bits per heavy atom. The van der Waals surface area contributed by atoms with Gasteiger partial charge in [-0.15, -0.1) is 0 Å². The molecule has 2 saturated heterocycles. The van der Waals surface area contributed by atoms with Crippen molar-refractivity contribution in [1.82, 2.24) is 4.31 Å². The minimum Gasteiger partial charge on any atom is -0.480 e. The summed E-state index contributed by atoms with van der Waals surface area (Å²) in [5.74, 6) is -1.70. The van der Waals surface area contributed by atoms with E-state index in [-0.39, 0.29) is 37.3 Å². The number of hydrogen-bond acceptors (Lipinski definition) is 6. The third-order valence-corrected chi connectivity index (χ3v) is 7.86. The lowest BCUT2D eigenvalue weighted by Crippen LogP contribution is -2.47. The molecule has 10 heteroatoms. The highest BCUT2D eigenvalue weighted by atomic mass is 32.2. The fourth-order valence-electron chi connectivity index (χ4n) is 2.65. The summed E-state index contributed by atoms with van der Waals surface area (Å²) in [6.45, 7) is -0.247. The largest absolute Gasteiger partial charge is 0.480 e. The average Bonchev–Trinajstić information content (AvgIpc) is 2.71. The maximum atomic E-state index is 12.4. The van der Waals surface area contributed by atoms with Crippen molar-refractivity contribution < 1.29 is 31.8 Å². The van der Waals surface area contributed by atoms with E-state index in [2.05, 4.69) is 0 Å². The molecule has 2 fully saturated rings. The lowest BCUT2D eigenvalue weighted by Gasteiger charge is -2.28. The Kier molecular flexibility index (Phi) is 4.11. The van der Waals surface area contributed by atoms with Crippen molar-refractivity contribution in [2.24, 2.45) is 0 Å². The topological polar surface area (TPSA) is 129 Å². The van der Waals surface area contributed by atoms with Crippen LogP contribution in [0.5, 0.6) is 0 Å². The Labute approximate surface area is 117 Å². The van der Waals surface area contributed by atoms with Gasteiger partial charge in [-0.25, -0.2) is 16.8 Å². The van der Waals surface area contributed by atoms with Crippen LogP contribution in [-0.2, 0) is 24.7 Å². The normalized spacial score (nSPS) is 32.2. The quantitative estimate of drug-likeness (QED) is 0.639. The molecule has 116 valence electrons. The van der Waals surface area contributed by atoms with Crippen LogP contribution in [0.4, 0.5) is 0 Å². The van der Waals surface area contributed by atoms with Gasteiger partial charge in [0.05, 0.1) is 22.9 Å². The van der Waals surface area contributed by atoms with Crippen molar-refractivity contribution >= 4 is 25.8 Å². The molecule has 20 heavy (non-hydrogen) atoms. The van der Waals surface area contributed by atoms with Crippen LogP contribution >= 0.6 is 0 Å². The predicted molar refractivity (Wildman–Crippen MR) is 69.3 cm³/mol. The van der Waals surface area contributed by atoms with Gasteiger partial charge < -0.3 is 10.2 Å². The smallest absolute Gasteiger partial charge is 0.322 e. The van der Waals surface area contributed by atoms with Gasteiger partial charge in [-0.05, 0) is 12.8 Å². The number of rotatable bonds is 3. The van der Waals surface area contributed by atoms with E-state index in [1.807, 2.05) is 0 Å². The molecule has 0 amide bonds. The van der Waals surface area contributed by atoms with Crippen molar-refractivity contribution in [3.8, 4) is 0 Å². The SMILES string of the molecule is O=C(O)[C@H]1C[C@@H](O)CN1S(=O)(=O)C1CCS(=O)(=O)CC1. The standard InChI is InChI=1S/C10H17NO7S2/c12-7-5-9(10(13)14)11(6-7)20(17,18)8-1-3-19(15,16)4-2-8/h7-9,12H,1-6H2,(H,13,14)/t7-,9-/m1/s1. The molecule has 2 aliphatic rings. The van der Waals surface area contributed by atoms with E-state index in [9.17, 15) is 26.7 Å². The molecular formula is C10H17NO7S2. The summed E-state index contributed by atoms with van der Waals surface area (Å²) in [7, 11) is -7.10. The van der Waals surface area contributed by atoms with E-state index in [1.54, 1.807) is 0 Å². The molecule has 0 aliphatic carbocycles. The Bertz CT molecular complexity index is 583. The molecule has 2 N–H and O–H groups in total. The first-order valence-corrected chi connectivity index (χ1v) is 9.58. The minimum absolute atomic E-state index is 0.0242. The molecule has 2 atom stereocenters. The molecule has 0 unspecified atom stereocenters. The van der Waals surface area contributed by atoms with Crippen LogP contribution in [0.1, 0.15) is 19.3 Å². The lowest BCUT2D eigenvalue weighted by atomic mass is 10.2.